The van der Waals surface area contributed by atoms with Crippen LogP contribution in [0, 0.1) is 0 Å². The van der Waals surface area contributed by atoms with Crippen LogP contribution in [0.4, 0.5) is 0 Å². The van der Waals surface area contributed by atoms with E-state index in [0.717, 1.165) is 57.8 Å². The zero-order valence-corrected chi connectivity index (χ0v) is 33.8. The Labute approximate surface area is 316 Å². The Morgan fingerprint density at radius 3 is 1.40 bits per heavy atom. The topological polar surface area (TPSA) is 172 Å². The molecule has 0 radical (unpaired) electrons. The van der Waals surface area contributed by atoms with Crippen molar-refractivity contribution >= 4 is 25.7 Å². The molecule has 3 atom stereocenters. The van der Waals surface area contributed by atoms with Gasteiger partial charge in [0.2, 0.25) is 0 Å². The molecule has 11 nitrogen and oxygen atoms in total. The average Bonchev–Trinajstić information content (AvgIpc) is 3.12. The Bertz CT molecular complexity index is 947. The maximum absolute atomic E-state index is 12.6. The Morgan fingerprint density at radius 1 is 0.577 bits per heavy atom. The number of ether oxygens (including phenoxy) is 2. The zero-order valence-electron chi connectivity index (χ0n) is 32.9. The van der Waals surface area contributed by atoms with Crippen molar-refractivity contribution in [2.45, 2.75) is 206 Å². The molecule has 0 aliphatic heterocycles. The first kappa shape index (κ1) is 50.2. The van der Waals surface area contributed by atoms with Gasteiger partial charge in [0.05, 0.1) is 13.2 Å². The van der Waals surface area contributed by atoms with Gasteiger partial charge in [-0.15, -0.1) is 0 Å². The van der Waals surface area contributed by atoms with Gasteiger partial charge in [-0.25, -0.2) is 4.57 Å². The smallest absolute Gasteiger partial charge is 0.472 e. The number of phosphoric ester groups is 1. The normalized spacial score (nSPS) is 13.9. The number of hydrogen-bond acceptors (Lipinski definition) is 9. The van der Waals surface area contributed by atoms with Crippen LogP contribution in [0.2, 0.25) is 0 Å². The summed E-state index contributed by atoms with van der Waals surface area (Å²) in [5.74, 6) is -2.38. The quantitative estimate of drug-likeness (QED) is 0.0235. The van der Waals surface area contributed by atoms with Gasteiger partial charge in [-0.2, -0.15) is 0 Å². The van der Waals surface area contributed by atoms with Crippen molar-refractivity contribution in [3.05, 3.63) is 12.2 Å². The lowest BCUT2D eigenvalue weighted by Gasteiger charge is -2.20. The van der Waals surface area contributed by atoms with Gasteiger partial charge in [0, 0.05) is 12.8 Å². The molecule has 0 heterocycles. The van der Waals surface area contributed by atoms with Crippen molar-refractivity contribution in [1.82, 2.24) is 0 Å². The van der Waals surface area contributed by atoms with Crippen molar-refractivity contribution in [2.24, 2.45) is 5.73 Å². The molecule has 0 aromatic rings. The molecule has 0 saturated carbocycles. The monoisotopic (exact) mass is 762 g/mol. The number of allylic oxidation sites excluding steroid dienone is 2. The number of rotatable bonds is 39. The van der Waals surface area contributed by atoms with Gasteiger partial charge in [-0.1, -0.05) is 154 Å². The van der Waals surface area contributed by atoms with Gasteiger partial charge in [0.15, 0.2) is 6.10 Å². The number of unbranched alkanes of at least 4 members (excludes halogenated alkanes) is 23. The van der Waals surface area contributed by atoms with Gasteiger partial charge in [0.1, 0.15) is 12.6 Å². The Balaban J connectivity index is 4.38. The standard InChI is InChI=1S/C40H76NO10P/c1-3-5-7-9-11-13-15-17-18-20-21-23-25-27-29-31-38(42)48-33-36(34-49-52(46,47)50-35-37(41)40(44)45)51-39(43)32-30-28-26-24-22-19-16-14-12-10-8-6-4-2/h17-18,36-37H,3-16,19-35,41H2,1-2H3,(H,44,45)(H,46,47)/b18-17-/t36?,37-/m0/s1. The van der Waals surface area contributed by atoms with E-state index in [1.54, 1.807) is 0 Å². The summed E-state index contributed by atoms with van der Waals surface area (Å²) in [5.41, 5.74) is 5.32. The number of carbonyl (C=O) groups excluding carboxylic acids is 2. The van der Waals surface area contributed by atoms with Crippen LogP contribution in [-0.2, 0) is 37.5 Å². The minimum absolute atomic E-state index is 0.165. The van der Waals surface area contributed by atoms with E-state index in [2.05, 4.69) is 30.5 Å². The summed E-state index contributed by atoms with van der Waals surface area (Å²) in [6.07, 6.45) is 34.2. The van der Waals surface area contributed by atoms with Gasteiger partial charge >= 0.3 is 25.7 Å². The molecule has 0 bridgehead atoms. The van der Waals surface area contributed by atoms with Crippen molar-refractivity contribution in [1.29, 1.82) is 0 Å². The van der Waals surface area contributed by atoms with E-state index >= 15 is 0 Å². The second kappa shape index (κ2) is 36.2. The molecular formula is C40H76NO10P. The van der Waals surface area contributed by atoms with Crippen molar-refractivity contribution in [2.75, 3.05) is 19.8 Å². The summed E-state index contributed by atoms with van der Waals surface area (Å²) in [5, 5.41) is 8.87. The summed E-state index contributed by atoms with van der Waals surface area (Å²) in [6, 6.07) is -1.52. The van der Waals surface area contributed by atoms with Gasteiger partial charge in [0.25, 0.3) is 0 Å². The van der Waals surface area contributed by atoms with E-state index in [4.69, 9.17) is 24.8 Å². The number of phosphoric acid groups is 1. The first-order valence-electron chi connectivity index (χ1n) is 20.7. The van der Waals surface area contributed by atoms with Crippen molar-refractivity contribution < 1.29 is 47.5 Å². The summed E-state index contributed by atoms with van der Waals surface area (Å²) in [6.45, 7) is 2.79. The molecule has 306 valence electrons. The fourth-order valence-electron chi connectivity index (χ4n) is 5.71. The Kier molecular flexibility index (Phi) is 35.0. The van der Waals surface area contributed by atoms with E-state index in [9.17, 15) is 23.8 Å². The van der Waals surface area contributed by atoms with Crippen LogP contribution in [0.5, 0.6) is 0 Å². The average molecular weight is 762 g/mol. The highest BCUT2D eigenvalue weighted by Gasteiger charge is 2.28. The Hall–Kier alpha value is -1.78. The third-order valence-corrected chi connectivity index (χ3v) is 9.96. The third-order valence-electron chi connectivity index (χ3n) is 9.01. The van der Waals surface area contributed by atoms with E-state index in [1.807, 2.05) is 0 Å². The summed E-state index contributed by atoms with van der Waals surface area (Å²) in [4.78, 5) is 45.8. The molecule has 0 rings (SSSR count). The molecular weight excluding hydrogens is 685 g/mol. The van der Waals surface area contributed by atoms with Crippen LogP contribution in [0.3, 0.4) is 0 Å². The van der Waals surface area contributed by atoms with Crippen molar-refractivity contribution in [3.8, 4) is 0 Å². The SMILES string of the molecule is CCCCCCCC/C=C\CCCCCCCC(=O)OCC(COP(=O)(O)OC[C@H](N)C(=O)O)OC(=O)CCCCCCCCCCCCCCC. The molecule has 0 amide bonds. The fraction of sp³-hybridized carbons (Fsp3) is 0.875. The van der Waals surface area contributed by atoms with E-state index in [-0.39, 0.29) is 19.4 Å². The van der Waals surface area contributed by atoms with Crippen LogP contribution in [0.25, 0.3) is 0 Å². The lowest BCUT2D eigenvalue weighted by Crippen LogP contribution is -2.34. The first-order chi connectivity index (χ1) is 25.1. The highest BCUT2D eigenvalue weighted by Crippen LogP contribution is 2.43. The minimum Gasteiger partial charge on any atom is -0.480 e. The molecule has 4 N–H and O–H groups in total. The highest BCUT2D eigenvalue weighted by molar-refractivity contribution is 7.47. The lowest BCUT2D eigenvalue weighted by molar-refractivity contribution is -0.161. The molecule has 2 unspecified atom stereocenters. The van der Waals surface area contributed by atoms with Gasteiger partial charge < -0.3 is 25.2 Å². The largest absolute Gasteiger partial charge is 0.480 e. The molecule has 52 heavy (non-hydrogen) atoms. The maximum Gasteiger partial charge on any atom is 0.472 e. The minimum atomic E-state index is -4.71. The van der Waals surface area contributed by atoms with E-state index < -0.39 is 51.1 Å². The number of esters is 2. The molecule has 0 aliphatic carbocycles. The van der Waals surface area contributed by atoms with Gasteiger partial charge in [-0.3, -0.25) is 23.4 Å². The first-order valence-corrected chi connectivity index (χ1v) is 22.2. The fourth-order valence-corrected chi connectivity index (χ4v) is 6.48. The molecule has 0 fully saturated rings. The van der Waals surface area contributed by atoms with Crippen LogP contribution in [0.15, 0.2) is 12.2 Å². The molecule has 0 aromatic heterocycles. The van der Waals surface area contributed by atoms with Crippen LogP contribution in [-0.4, -0.2) is 59.9 Å². The second-order valence-electron chi connectivity index (χ2n) is 14.1. The molecule has 0 aromatic carbocycles. The Morgan fingerprint density at radius 2 is 0.962 bits per heavy atom. The summed E-state index contributed by atoms with van der Waals surface area (Å²) in [7, 11) is -4.71. The number of nitrogens with two attached hydrogens (primary N) is 1. The van der Waals surface area contributed by atoms with Crippen LogP contribution < -0.4 is 5.73 Å². The number of carboxylic acids is 1. The highest BCUT2D eigenvalue weighted by atomic mass is 31.2. The molecule has 0 saturated heterocycles. The predicted molar refractivity (Wildman–Crippen MR) is 208 cm³/mol. The molecule has 12 heteroatoms. The number of aliphatic carboxylic acids is 1. The second-order valence-corrected chi connectivity index (χ2v) is 15.6. The van der Waals surface area contributed by atoms with Crippen LogP contribution >= 0.6 is 7.82 Å². The zero-order chi connectivity index (χ0) is 38.5. The third kappa shape index (κ3) is 35.3. The number of carbonyl (C=O) groups is 3. The van der Waals surface area contributed by atoms with Crippen LogP contribution in [0.1, 0.15) is 194 Å². The molecule has 0 spiro atoms. The van der Waals surface area contributed by atoms with Gasteiger partial charge in [-0.05, 0) is 38.5 Å². The number of hydrogen-bond donors (Lipinski definition) is 3. The summed E-state index contributed by atoms with van der Waals surface area (Å²) < 4.78 is 32.6. The predicted octanol–water partition coefficient (Wildman–Crippen LogP) is 10.5. The van der Waals surface area contributed by atoms with E-state index in [0.29, 0.717) is 12.8 Å². The number of carboxylic acid groups (broad SMARTS) is 1. The summed E-state index contributed by atoms with van der Waals surface area (Å²) >= 11 is 0. The molecule has 0 aliphatic rings. The van der Waals surface area contributed by atoms with Crippen molar-refractivity contribution in [3.63, 3.8) is 0 Å². The maximum atomic E-state index is 12.6. The van der Waals surface area contributed by atoms with E-state index in [1.165, 1.54) is 96.3 Å². The lowest BCUT2D eigenvalue weighted by atomic mass is 10.0.